The first kappa shape index (κ1) is 12.2. The number of alkyl halides is 3. The predicted molar refractivity (Wildman–Crippen MR) is 54.9 cm³/mol. The summed E-state index contributed by atoms with van der Waals surface area (Å²) in [6.45, 7) is 0. The molecule has 0 aliphatic carbocycles. The summed E-state index contributed by atoms with van der Waals surface area (Å²) in [6.07, 6.45) is -2.62. The number of rotatable bonds is 4. The minimum Gasteiger partial charge on any atom is -0.491 e. The van der Waals surface area contributed by atoms with E-state index in [0.717, 1.165) is 0 Å². The van der Waals surface area contributed by atoms with Crippen molar-refractivity contribution in [3.05, 3.63) is 17.3 Å². The number of ether oxygens (including phenoxy) is 2. The number of halogens is 3. The quantitative estimate of drug-likeness (QED) is 0.796. The van der Waals surface area contributed by atoms with Crippen LogP contribution in [0.5, 0.6) is 11.6 Å². The van der Waals surface area contributed by atoms with E-state index in [1.54, 1.807) is 0 Å². The van der Waals surface area contributed by atoms with Crippen molar-refractivity contribution in [1.82, 2.24) is 4.98 Å². The van der Waals surface area contributed by atoms with Crippen LogP contribution in [0, 0.1) is 0 Å². The summed E-state index contributed by atoms with van der Waals surface area (Å²) in [5, 5.41) is 0.382. The van der Waals surface area contributed by atoms with Gasteiger partial charge in [-0.05, 0) is 6.07 Å². The highest BCUT2D eigenvalue weighted by atomic mass is 79.9. The van der Waals surface area contributed by atoms with E-state index in [9.17, 15) is 8.78 Å². The zero-order valence-electron chi connectivity index (χ0n) is 8.26. The van der Waals surface area contributed by atoms with E-state index in [2.05, 4.69) is 20.9 Å². The molecule has 0 aromatic carbocycles. The number of hydrogen-bond donors (Lipinski definition) is 0. The molecule has 0 aliphatic heterocycles. The Labute approximate surface area is 94.5 Å². The number of hydrogen-bond acceptors (Lipinski definition) is 3. The van der Waals surface area contributed by atoms with Crippen molar-refractivity contribution in [2.24, 2.45) is 0 Å². The zero-order valence-corrected chi connectivity index (χ0v) is 9.85. The lowest BCUT2D eigenvalue weighted by Crippen LogP contribution is -2.01. The lowest BCUT2D eigenvalue weighted by molar-refractivity contribution is 0.145. The maximum atomic E-state index is 12.7. The molecule has 1 aromatic rings. The van der Waals surface area contributed by atoms with Crippen molar-refractivity contribution in [3.8, 4) is 11.6 Å². The molecular formula is C9H10BrF2NO2. The molecule has 6 heteroatoms. The van der Waals surface area contributed by atoms with Crippen molar-refractivity contribution in [1.29, 1.82) is 0 Å². The van der Waals surface area contributed by atoms with E-state index in [0.29, 0.717) is 11.0 Å². The minimum atomic E-state index is -2.62. The average molecular weight is 282 g/mol. The van der Waals surface area contributed by atoms with E-state index in [1.807, 2.05) is 0 Å². The van der Waals surface area contributed by atoms with Crippen LogP contribution in [-0.4, -0.2) is 19.2 Å². The van der Waals surface area contributed by atoms with Crippen LogP contribution in [0.25, 0.3) is 0 Å². The largest absolute Gasteiger partial charge is 0.491 e. The summed E-state index contributed by atoms with van der Waals surface area (Å²) in [4.78, 5) is 4.00. The minimum absolute atomic E-state index is 0.0165. The Morgan fingerprint density at radius 3 is 2.47 bits per heavy atom. The molecule has 0 unspecified atom stereocenters. The standard InChI is InChI=1S/C9H10BrF2NO2/c1-14-7-6(8(11)12)3-5(4-10)13-9(7)15-2/h3,8H,4H2,1-2H3. The highest BCUT2D eigenvalue weighted by molar-refractivity contribution is 9.08. The predicted octanol–water partition coefficient (Wildman–Crippen LogP) is 2.93. The third kappa shape index (κ3) is 2.56. The molecule has 84 valence electrons. The normalized spacial score (nSPS) is 10.5. The van der Waals surface area contributed by atoms with E-state index in [4.69, 9.17) is 9.47 Å². The highest BCUT2D eigenvalue weighted by Gasteiger charge is 2.20. The van der Waals surface area contributed by atoms with Gasteiger partial charge in [0, 0.05) is 5.33 Å². The van der Waals surface area contributed by atoms with E-state index >= 15 is 0 Å². The van der Waals surface area contributed by atoms with Crippen LogP contribution >= 0.6 is 15.9 Å². The zero-order chi connectivity index (χ0) is 11.4. The fourth-order valence-electron chi connectivity index (χ4n) is 1.16. The maximum Gasteiger partial charge on any atom is 0.267 e. The Bertz CT molecular complexity index is 347. The van der Waals surface area contributed by atoms with Gasteiger partial charge < -0.3 is 9.47 Å². The van der Waals surface area contributed by atoms with Gasteiger partial charge in [0.15, 0.2) is 5.75 Å². The van der Waals surface area contributed by atoms with Crippen molar-refractivity contribution in [2.45, 2.75) is 11.8 Å². The first-order chi connectivity index (χ1) is 7.13. The molecule has 0 spiro atoms. The molecule has 1 aromatic heterocycles. The van der Waals surface area contributed by atoms with Gasteiger partial charge in [0.25, 0.3) is 12.3 Å². The molecule has 0 radical (unpaired) electrons. The fourth-order valence-corrected chi connectivity index (χ4v) is 1.44. The second kappa shape index (κ2) is 5.25. The van der Waals surface area contributed by atoms with E-state index < -0.39 is 6.43 Å². The fraction of sp³-hybridized carbons (Fsp3) is 0.444. The van der Waals surface area contributed by atoms with Gasteiger partial charge in [-0.2, -0.15) is 0 Å². The summed E-state index contributed by atoms with van der Waals surface area (Å²) >= 11 is 3.15. The van der Waals surface area contributed by atoms with Gasteiger partial charge in [0.2, 0.25) is 0 Å². The summed E-state index contributed by atoms with van der Waals surface area (Å²) < 4.78 is 35.1. The van der Waals surface area contributed by atoms with Crippen molar-refractivity contribution < 1.29 is 18.3 Å². The van der Waals surface area contributed by atoms with Gasteiger partial charge in [0.1, 0.15) is 0 Å². The summed E-state index contributed by atoms with van der Waals surface area (Å²) in [7, 11) is 2.66. The molecule has 0 fully saturated rings. The SMILES string of the molecule is COc1nc(CBr)cc(C(F)F)c1OC. The van der Waals surface area contributed by atoms with Crippen LogP contribution in [-0.2, 0) is 5.33 Å². The molecule has 0 saturated carbocycles. The molecule has 1 heterocycles. The number of pyridine rings is 1. The second-order valence-electron chi connectivity index (χ2n) is 2.68. The third-order valence-electron chi connectivity index (χ3n) is 1.79. The Morgan fingerprint density at radius 2 is 2.07 bits per heavy atom. The van der Waals surface area contributed by atoms with Gasteiger partial charge >= 0.3 is 0 Å². The van der Waals surface area contributed by atoms with Crippen molar-refractivity contribution in [2.75, 3.05) is 14.2 Å². The molecule has 0 amide bonds. The van der Waals surface area contributed by atoms with Gasteiger partial charge in [-0.1, -0.05) is 15.9 Å². The van der Waals surface area contributed by atoms with Crippen LogP contribution in [0.3, 0.4) is 0 Å². The smallest absolute Gasteiger partial charge is 0.267 e. The van der Waals surface area contributed by atoms with Gasteiger partial charge in [0.05, 0.1) is 25.5 Å². The van der Waals surface area contributed by atoms with Gasteiger partial charge in [-0.15, -0.1) is 0 Å². The summed E-state index contributed by atoms with van der Waals surface area (Å²) in [6, 6.07) is 1.29. The van der Waals surface area contributed by atoms with E-state index in [-0.39, 0.29) is 17.2 Å². The summed E-state index contributed by atoms with van der Waals surface area (Å²) in [5.41, 5.74) is 0.266. The van der Waals surface area contributed by atoms with Crippen LogP contribution in [0.1, 0.15) is 17.7 Å². The molecule has 0 saturated heterocycles. The average Bonchev–Trinajstić information content (AvgIpc) is 2.26. The van der Waals surface area contributed by atoms with Crippen LogP contribution < -0.4 is 9.47 Å². The molecule has 15 heavy (non-hydrogen) atoms. The topological polar surface area (TPSA) is 31.4 Å². The maximum absolute atomic E-state index is 12.7. The third-order valence-corrected chi connectivity index (χ3v) is 2.37. The van der Waals surface area contributed by atoms with Gasteiger partial charge in [-0.25, -0.2) is 13.8 Å². The van der Waals surface area contributed by atoms with Gasteiger partial charge in [-0.3, -0.25) is 0 Å². The molecule has 3 nitrogen and oxygen atoms in total. The Hall–Kier alpha value is -0.910. The number of nitrogens with zero attached hydrogens (tertiary/aromatic N) is 1. The first-order valence-electron chi connectivity index (χ1n) is 4.10. The number of methoxy groups -OCH3 is 2. The first-order valence-corrected chi connectivity index (χ1v) is 5.22. The molecule has 1 rings (SSSR count). The van der Waals surface area contributed by atoms with E-state index in [1.165, 1.54) is 20.3 Å². The second-order valence-corrected chi connectivity index (χ2v) is 3.24. The van der Waals surface area contributed by atoms with Crippen molar-refractivity contribution in [3.63, 3.8) is 0 Å². The molecule has 0 atom stereocenters. The monoisotopic (exact) mass is 281 g/mol. The van der Waals surface area contributed by atoms with Crippen LogP contribution in [0.4, 0.5) is 8.78 Å². The Balaban J connectivity index is 3.32. The van der Waals surface area contributed by atoms with Crippen molar-refractivity contribution >= 4 is 15.9 Å². The lowest BCUT2D eigenvalue weighted by Gasteiger charge is -2.12. The Morgan fingerprint density at radius 1 is 1.40 bits per heavy atom. The number of aromatic nitrogens is 1. The Kier molecular flexibility index (Phi) is 4.26. The summed E-state index contributed by atoms with van der Waals surface area (Å²) in [5.74, 6) is 0.0574. The molecule has 0 aliphatic rings. The van der Waals surface area contributed by atoms with Crippen LogP contribution in [0.15, 0.2) is 6.07 Å². The highest BCUT2D eigenvalue weighted by Crippen LogP contribution is 2.36. The molecular weight excluding hydrogens is 272 g/mol. The molecule has 0 bridgehead atoms. The molecule has 0 N–H and O–H groups in total. The lowest BCUT2D eigenvalue weighted by atomic mass is 10.2. The van der Waals surface area contributed by atoms with Crippen LogP contribution in [0.2, 0.25) is 0 Å².